The van der Waals surface area contributed by atoms with Crippen molar-refractivity contribution in [3.05, 3.63) is 50.7 Å². The van der Waals surface area contributed by atoms with Crippen LogP contribution in [0.2, 0.25) is 0 Å². The molecule has 3 nitrogen and oxygen atoms in total. The van der Waals surface area contributed by atoms with Crippen molar-refractivity contribution in [1.29, 1.82) is 0 Å². The highest BCUT2D eigenvalue weighted by Crippen LogP contribution is 2.23. The molecule has 2 aromatic rings. The van der Waals surface area contributed by atoms with E-state index in [9.17, 15) is 4.79 Å². The van der Waals surface area contributed by atoms with Gasteiger partial charge in [0, 0.05) is 10.4 Å². The van der Waals surface area contributed by atoms with Gasteiger partial charge in [0.15, 0.2) is 0 Å². The molecule has 21 heavy (non-hydrogen) atoms. The Hall–Kier alpha value is -2.09. The molecule has 4 heteroatoms. The smallest absolute Gasteiger partial charge is 0.265 e. The van der Waals surface area contributed by atoms with Crippen LogP contribution in [-0.4, -0.2) is 12.5 Å². The van der Waals surface area contributed by atoms with Crippen molar-refractivity contribution in [3.8, 4) is 11.8 Å². The molecular formula is C17H18N2OS. The number of carbonyl (C=O) groups is 1. The van der Waals surface area contributed by atoms with Crippen LogP contribution in [0.4, 0.5) is 5.69 Å². The molecule has 1 heterocycles. The Balaban J connectivity index is 2.29. The van der Waals surface area contributed by atoms with E-state index in [1.807, 2.05) is 45.0 Å². The molecule has 0 aliphatic rings. The number of anilines is 1. The first-order valence-electron chi connectivity index (χ1n) is 6.69. The quantitative estimate of drug-likeness (QED) is 0.836. The van der Waals surface area contributed by atoms with Crippen LogP contribution in [-0.2, 0) is 0 Å². The lowest BCUT2D eigenvalue weighted by atomic mass is 10.1. The second-order valence-corrected chi connectivity index (χ2v) is 6.12. The fourth-order valence-corrected chi connectivity index (χ4v) is 2.81. The number of amides is 1. The first-order valence-corrected chi connectivity index (χ1v) is 7.51. The van der Waals surface area contributed by atoms with E-state index in [1.165, 1.54) is 11.3 Å². The lowest BCUT2D eigenvalue weighted by Crippen LogP contribution is -2.11. The zero-order valence-corrected chi connectivity index (χ0v) is 13.2. The van der Waals surface area contributed by atoms with Crippen molar-refractivity contribution in [2.24, 2.45) is 5.73 Å². The molecule has 0 atom stereocenters. The van der Waals surface area contributed by atoms with Gasteiger partial charge in [0.25, 0.3) is 5.91 Å². The van der Waals surface area contributed by atoms with E-state index in [0.717, 1.165) is 27.3 Å². The average molecular weight is 298 g/mol. The lowest BCUT2D eigenvalue weighted by molar-refractivity contribution is 0.103. The molecule has 0 aliphatic heterocycles. The lowest BCUT2D eigenvalue weighted by Gasteiger charge is -2.07. The van der Waals surface area contributed by atoms with Crippen LogP contribution in [0.1, 0.15) is 31.2 Å². The molecule has 0 saturated heterocycles. The summed E-state index contributed by atoms with van der Waals surface area (Å²) in [4.78, 5) is 14.2. The van der Waals surface area contributed by atoms with Crippen molar-refractivity contribution in [2.75, 3.05) is 11.9 Å². The predicted octanol–water partition coefficient (Wildman–Crippen LogP) is 3.24. The highest BCUT2D eigenvalue weighted by molar-refractivity contribution is 7.14. The second kappa shape index (κ2) is 6.57. The molecule has 3 N–H and O–H groups in total. The largest absolute Gasteiger partial charge is 0.320 e. The summed E-state index contributed by atoms with van der Waals surface area (Å²) in [6.45, 7) is 6.30. The Morgan fingerprint density at radius 1 is 1.29 bits per heavy atom. The third-order valence-electron chi connectivity index (χ3n) is 3.14. The first kappa shape index (κ1) is 15.3. The number of nitrogens with two attached hydrogens (primary N) is 1. The van der Waals surface area contributed by atoms with Crippen LogP contribution >= 0.6 is 11.3 Å². The van der Waals surface area contributed by atoms with Crippen molar-refractivity contribution in [1.82, 2.24) is 0 Å². The van der Waals surface area contributed by atoms with Crippen molar-refractivity contribution < 1.29 is 4.79 Å². The van der Waals surface area contributed by atoms with Crippen molar-refractivity contribution >= 4 is 22.9 Å². The van der Waals surface area contributed by atoms with Gasteiger partial charge in [-0.25, -0.2) is 0 Å². The summed E-state index contributed by atoms with van der Waals surface area (Å²) in [6, 6.07) is 7.70. The Kier molecular flexibility index (Phi) is 4.79. The van der Waals surface area contributed by atoms with Gasteiger partial charge in [0.1, 0.15) is 0 Å². The molecular weight excluding hydrogens is 280 g/mol. The molecule has 2 rings (SSSR count). The molecule has 1 aromatic heterocycles. The number of aryl methyl sites for hydroxylation is 3. The van der Waals surface area contributed by atoms with E-state index < -0.39 is 0 Å². The van der Waals surface area contributed by atoms with Crippen LogP contribution in [0.5, 0.6) is 0 Å². The number of hydrogen-bond donors (Lipinski definition) is 2. The highest BCUT2D eigenvalue weighted by Gasteiger charge is 2.12. The Labute approximate surface area is 129 Å². The molecule has 0 unspecified atom stereocenters. The standard InChI is InChI=1S/C17H18N2OS/c1-11-6-7-14(5-4-8-18)15(9-11)19-17(20)16-10-12(2)13(3)21-16/h6-7,9-10H,8,18H2,1-3H3,(H,19,20). The summed E-state index contributed by atoms with van der Waals surface area (Å²) in [6.07, 6.45) is 0. The molecule has 0 fully saturated rings. The molecule has 0 spiro atoms. The van der Waals surface area contributed by atoms with Gasteiger partial charge in [-0.3, -0.25) is 4.79 Å². The number of nitrogens with one attached hydrogen (secondary N) is 1. The van der Waals surface area contributed by atoms with Crippen LogP contribution in [0.25, 0.3) is 0 Å². The van der Waals surface area contributed by atoms with Crippen LogP contribution in [0, 0.1) is 32.6 Å². The van der Waals surface area contributed by atoms with Gasteiger partial charge < -0.3 is 11.1 Å². The first-order chi connectivity index (χ1) is 10.0. The normalized spacial score (nSPS) is 9.90. The molecule has 0 radical (unpaired) electrons. The number of carbonyl (C=O) groups excluding carboxylic acids is 1. The predicted molar refractivity (Wildman–Crippen MR) is 88.9 cm³/mol. The van der Waals surface area contributed by atoms with Gasteiger partial charge in [-0.1, -0.05) is 17.9 Å². The Morgan fingerprint density at radius 3 is 2.67 bits per heavy atom. The van der Waals surface area contributed by atoms with Crippen LogP contribution in [0.15, 0.2) is 24.3 Å². The van der Waals surface area contributed by atoms with Crippen molar-refractivity contribution in [3.63, 3.8) is 0 Å². The molecule has 0 bridgehead atoms. The van der Waals surface area contributed by atoms with E-state index in [4.69, 9.17) is 5.73 Å². The van der Waals surface area contributed by atoms with Crippen molar-refractivity contribution in [2.45, 2.75) is 20.8 Å². The minimum atomic E-state index is -0.0994. The summed E-state index contributed by atoms with van der Waals surface area (Å²) in [5, 5.41) is 2.95. The summed E-state index contributed by atoms with van der Waals surface area (Å²) in [5.74, 6) is 5.71. The SMILES string of the molecule is Cc1ccc(C#CCN)c(NC(=O)c2cc(C)c(C)s2)c1. The molecule has 1 amide bonds. The van der Waals surface area contributed by atoms with E-state index in [2.05, 4.69) is 17.2 Å². The topological polar surface area (TPSA) is 55.1 Å². The van der Waals surface area contributed by atoms with Gasteiger partial charge >= 0.3 is 0 Å². The molecule has 108 valence electrons. The fraction of sp³-hybridized carbons (Fsp3) is 0.235. The molecule has 0 saturated carbocycles. The Morgan fingerprint density at radius 2 is 2.05 bits per heavy atom. The fourth-order valence-electron chi connectivity index (χ4n) is 1.89. The van der Waals surface area contributed by atoms with Gasteiger partial charge in [-0.15, -0.1) is 11.3 Å². The number of hydrogen-bond acceptors (Lipinski definition) is 3. The van der Waals surface area contributed by atoms with Gasteiger partial charge in [-0.05, 0) is 50.1 Å². The summed E-state index contributed by atoms with van der Waals surface area (Å²) < 4.78 is 0. The van der Waals surface area contributed by atoms with E-state index >= 15 is 0 Å². The summed E-state index contributed by atoms with van der Waals surface area (Å²) in [5.41, 5.74) is 9.13. The van der Waals surface area contributed by atoms with Gasteiger partial charge in [-0.2, -0.15) is 0 Å². The third-order valence-corrected chi connectivity index (χ3v) is 4.29. The van der Waals surface area contributed by atoms with E-state index in [0.29, 0.717) is 11.4 Å². The Bertz CT molecular complexity index is 715. The van der Waals surface area contributed by atoms with Gasteiger partial charge in [0.2, 0.25) is 0 Å². The van der Waals surface area contributed by atoms with Gasteiger partial charge in [0.05, 0.1) is 17.1 Å². The van der Waals surface area contributed by atoms with E-state index in [-0.39, 0.29) is 5.91 Å². The number of thiophene rings is 1. The number of benzene rings is 1. The minimum absolute atomic E-state index is 0.0994. The number of rotatable bonds is 2. The van der Waals surface area contributed by atoms with E-state index in [1.54, 1.807) is 0 Å². The minimum Gasteiger partial charge on any atom is -0.320 e. The maximum atomic E-state index is 12.3. The summed E-state index contributed by atoms with van der Waals surface area (Å²) in [7, 11) is 0. The highest BCUT2D eigenvalue weighted by atomic mass is 32.1. The maximum Gasteiger partial charge on any atom is 0.265 e. The van der Waals surface area contributed by atoms with Crippen LogP contribution < -0.4 is 11.1 Å². The third kappa shape index (κ3) is 3.72. The molecule has 0 aliphatic carbocycles. The zero-order valence-electron chi connectivity index (χ0n) is 12.4. The van der Waals surface area contributed by atoms with Crippen LogP contribution in [0.3, 0.4) is 0 Å². The second-order valence-electron chi connectivity index (χ2n) is 4.86. The zero-order chi connectivity index (χ0) is 15.4. The summed E-state index contributed by atoms with van der Waals surface area (Å²) >= 11 is 1.50. The maximum absolute atomic E-state index is 12.3. The average Bonchev–Trinajstić information content (AvgIpc) is 2.78. The monoisotopic (exact) mass is 298 g/mol. The molecule has 1 aromatic carbocycles.